The van der Waals surface area contributed by atoms with E-state index in [2.05, 4.69) is 30.5 Å². The molecular formula is C17H22N6O. The summed E-state index contributed by atoms with van der Waals surface area (Å²) in [4.78, 5) is 26.9. The van der Waals surface area contributed by atoms with E-state index in [0.717, 1.165) is 37.4 Å². The molecule has 1 fully saturated rings. The predicted molar refractivity (Wildman–Crippen MR) is 91.6 cm³/mol. The van der Waals surface area contributed by atoms with Gasteiger partial charge >= 0.3 is 6.03 Å². The molecule has 1 aliphatic rings. The van der Waals surface area contributed by atoms with E-state index < -0.39 is 0 Å². The molecule has 2 amide bonds. The van der Waals surface area contributed by atoms with Crippen LogP contribution in [0, 0.1) is 0 Å². The Morgan fingerprint density at radius 2 is 1.83 bits per heavy atom. The van der Waals surface area contributed by atoms with Gasteiger partial charge in [-0.2, -0.15) is 0 Å². The third-order valence-corrected chi connectivity index (χ3v) is 4.22. The van der Waals surface area contributed by atoms with Crippen LogP contribution in [0.3, 0.4) is 0 Å². The molecule has 0 saturated carbocycles. The molecule has 0 bridgehead atoms. The number of nitrogens with one attached hydrogen (secondary N) is 2. The molecule has 126 valence electrons. The van der Waals surface area contributed by atoms with E-state index in [1.807, 2.05) is 25.1 Å². The van der Waals surface area contributed by atoms with E-state index in [4.69, 9.17) is 0 Å². The van der Waals surface area contributed by atoms with Crippen LogP contribution < -0.4 is 15.5 Å². The lowest BCUT2D eigenvalue weighted by Crippen LogP contribution is -2.48. The first-order valence-corrected chi connectivity index (χ1v) is 8.21. The van der Waals surface area contributed by atoms with Crippen molar-refractivity contribution in [2.24, 2.45) is 0 Å². The van der Waals surface area contributed by atoms with Gasteiger partial charge in [0.15, 0.2) is 0 Å². The summed E-state index contributed by atoms with van der Waals surface area (Å²) in [5.74, 6) is 0.756. The van der Waals surface area contributed by atoms with Crippen molar-refractivity contribution >= 4 is 12.0 Å². The lowest BCUT2D eigenvalue weighted by molar-refractivity contribution is 0.231. The highest BCUT2D eigenvalue weighted by Crippen LogP contribution is 2.15. The summed E-state index contributed by atoms with van der Waals surface area (Å²) in [6, 6.07) is 5.62. The van der Waals surface area contributed by atoms with Gasteiger partial charge in [-0.1, -0.05) is 0 Å². The van der Waals surface area contributed by atoms with Gasteiger partial charge in [-0.3, -0.25) is 4.98 Å². The van der Waals surface area contributed by atoms with Crippen molar-refractivity contribution in [3.05, 3.63) is 48.5 Å². The molecule has 3 rings (SSSR count). The van der Waals surface area contributed by atoms with Crippen molar-refractivity contribution in [3.63, 3.8) is 0 Å². The van der Waals surface area contributed by atoms with Crippen LogP contribution in [0.25, 0.3) is 0 Å². The molecule has 24 heavy (non-hydrogen) atoms. The normalized spacial score (nSPS) is 16.5. The van der Waals surface area contributed by atoms with Gasteiger partial charge in [0.2, 0.25) is 5.95 Å². The number of pyridine rings is 1. The second-order valence-electron chi connectivity index (χ2n) is 5.93. The van der Waals surface area contributed by atoms with Crippen LogP contribution in [0.2, 0.25) is 0 Å². The van der Waals surface area contributed by atoms with E-state index >= 15 is 0 Å². The topological polar surface area (TPSA) is 83.0 Å². The maximum Gasteiger partial charge on any atom is 0.315 e. The van der Waals surface area contributed by atoms with Crippen molar-refractivity contribution in [1.29, 1.82) is 0 Å². The summed E-state index contributed by atoms with van der Waals surface area (Å²) in [5.41, 5.74) is 1.04. The molecule has 0 radical (unpaired) electrons. The van der Waals surface area contributed by atoms with Gasteiger partial charge in [0.1, 0.15) is 0 Å². The number of hydrogen-bond donors (Lipinski definition) is 2. The number of rotatable bonds is 4. The van der Waals surface area contributed by atoms with Crippen molar-refractivity contribution < 1.29 is 4.79 Å². The van der Waals surface area contributed by atoms with Crippen molar-refractivity contribution in [2.45, 2.75) is 31.8 Å². The Morgan fingerprint density at radius 1 is 1.17 bits per heavy atom. The Labute approximate surface area is 141 Å². The first kappa shape index (κ1) is 16.2. The molecule has 2 aromatic heterocycles. The van der Waals surface area contributed by atoms with Gasteiger partial charge in [0, 0.05) is 43.9 Å². The first-order valence-electron chi connectivity index (χ1n) is 8.21. The van der Waals surface area contributed by atoms with Gasteiger partial charge in [-0.25, -0.2) is 14.8 Å². The lowest BCUT2D eigenvalue weighted by Gasteiger charge is -2.32. The molecule has 0 aromatic carbocycles. The molecule has 7 nitrogen and oxygen atoms in total. The van der Waals surface area contributed by atoms with E-state index in [1.165, 1.54) is 0 Å². The van der Waals surface area contributed by atoms with E-state index in [0.29, 0.717) is 0 Å². The van der Waals surface area contributed by atoms with Crippen LogP contribution in [0.5, 0.6) is 0 Å². The van der Waals surface area contributed by atoms with Crippen LogP contribution in [0.15, 0.2) is 43.0 Å². The zero-order valence-electron chi connectivity index (χ0n) is 13.7. The number of carbonyl (C=O) groups is 1. The Hall–Kier alpha value is -2.70. The fourth-order valence-electron chi connectivity index (χ4n) is 2.84. The second kappa shape index (κ2) is 7.72. The molecule has 0 spiro atoms. The molecule has 0 aliphatic carbocycles. The molecule has 1 saturated heterocycles. The fourth-order valence-corrected chi connectivity index (χ4v) is 2.84. The van der Waals surface area contributed by atoms with Crippen LogP contribution >= 0.6 is 0 Å². The molecular weight excluding hydrogens is 304 g/mol. The summed E-state index contributed by atoms with van der Waals surface area (Å²) in [5, 5.41) is 6.03. The minimum absolute atomic E-state index is 0.0502. The van der Waals surface area contributed by atoms with Crippen LogP contribution in [-0.2, 0) is 0 Å². The minimum Gasteiger partial charge on any atom is -0.341 e. The van der Waals surface area contributed by atoms with Gasteiger partial charge in [-0.05, 0) is 43.5 Å². The SMILES string of the molecule is C[C@H](NC(=O)NC1CCN(c2ncccn2)CC1)c1ccncc1. The number of piperidine rings is 1. The average Bonchev–Trinajstić information content (AvgIpc) is 2.64. The number of urea groups is 1. The maximum atomic E-state index is 12.2. The maximum absolute atomic E-state index is 12.2. The van der Waals surface area contributed by atoms with Crippen LogP contribution in [0.4, 0.5) is 10.7 Å². The number of anilines is 1. The number of hydrogen-bond acceptors (Lipinski definition) is 5. The van der Waals surface area contributed by atoms with E-state index in [1.54, 1.807) is 24.8 Å². The second-order valence-corrected chi connectivity index (χ2v) is 5.93. The van der Waals surface area contributed by atoms with Crippen molar-refractivity contribution in [1.82, 2.24) is 25.6 Å². The summed E-state index contributed by atoms with van der Waals surface area (Å²) < 4.78 is 0. The minimum atomic E-state index is -0.131. The fraction of sp³-hybridized carbons (Fsp3) is 0.412. The average molecular weight is 326 g/mol. The molecule has 1 aliphatic heterocycles. The summed E-state index contributed by atoms with van der Waals surface area (Å²) in [7, 11) is 0. The first-order chi connectivity index (χ1) is 11.7. The monoisotopic (exact) mass is 326 g/mol. The molecule has 2 aromatic rings. The Bertz CT molecular complexity index is 643. The number of aromatic nitrogens is 3. The van der Waals surface area contributed by atoms with Gasteiger partial charge in [0.25, 0.3) is 0 Å². The smallest absolute Gasteiger partial charge is 0.315 e. The van der Waals surface area contributed by atoms with Crippen LogP contribution in [-0.4, -0.2) is 40.1 Å². The summed E-state index contributed by atoms with van der Waals surface area (Å²) >= 11 is 0. The number of carbonyl (C=O) groups excluding carboxylic acids is 1. The zero-order valence-corrected chi connectivity index (χ0v) is 13.7. The van der Waals surface area contributed by atoms with Crippen LogP contribution in [0.1, 0.15) is 31.4 Å². The predicted octanol–water partition coefficient (Wildman–Crippen LogP) is 1.90. The number of nitrogens with zero attached hydrogens (tertiary/aromatic N) is 4. The van der Waals surface area contributed by atoms with Crippen molar-refractivity contribution in [3.8, 4) is 0 Å². The largest absolute Gasteiger partial charge is 0.341 e. The molecule has 7 heteroatoms. The van der Waals surface area contributed by atoms with E-state index in [-0.39, 0.29) is 18.1 Å². The quantitative estimate of drug-likeness (QED) is 0.896. The molecule has 1 atom stereocenters. The summed E-state index contributed by atoms with van der Waals surface area (Å²) in [6.45, 7) is 3.65. The highest BCUT2D eigenvalue weighted by atomic mass is 16.2. The standard InChI is InChI=1S/C17H22N6O/c1-13(14-3-9-18-10-4-14)21-17(24)22-15-5-11-23(12-6-15)16-19-7-2-8-20-16/h2-4,7-10,13,15H,5-6,11-12H2,1H3,(H2,21,22,24)/t13-/m0/s1. The number of amides is 2. The van der Waals surface area contributed by atoms with E-state index in [9.17, 15) is 4.79 Å². The lowest BCUT2D eigenvalue weighted by atomic mass is 10.1. The Morgan fingerprint density at radius 3 is 2.50 bits per heavy atom. The van der Waals surface area contributed by atoms with Gasteiger partial charge in [-0.15, -0.1) is 0 Å². The third kappa shape index (κ3) is 4.18. The van der Waals surface area contributed by atoms with Crippen molar-refractivity contribution in [2.75, 3.05) is 18.0 Å². The Kier molecular flexibility index (Phi) is 5.20. The molecule has 3 heterocycles. The Balaban J connectivity index is 1.45. The van der Waals surface area contributed by atoms with Gasteiger partial charge in [0.05, 0.1) is 6.04 Å². The third-order valence-electron chi connectivity index (χ3n) is 4.22. The molecule has 0 unspecified atom stereocenters. The summed E-state index contributed by atoms with van der Waals surface area (Å²) in [6.07, 6.45) is 8.73. The van der Waals surface area contributed by atoms with Gasteiger partial charge < -0.3 is 15.5 Å². The molecule has 2 N–H and O–H groups in total. The zero-order chi connectivity index (χ0) is 16.8. The highest BCUT2D eigenvalue weighted by Gasteiger charge is 2.22. The highest BCUT2D eigenvalue weighted by molar-refractivity contribution is 5.74.